The van der Waals surface area contributed by atoms with Crippen LogP contribution in [-0.2, 0) is 23.0 Å². The van der Waals surface area contributed by atoms with E-state index < -0.39 is 10.0 Å². The second kappa shape index (κ2) is 7.56. The van der Waals surface area contributed by atoms with Crippen molar-refractivity contribution in [1.82, 2.24) is 14.5 Å². The van der Waals surface area contributed by atoms with E-state index in [4.69, 9.17) is 0 Å². The summed E-state index contributed by atoms with van der Waals surface area (Å²) in [4.78, 5) is 0.322. The Hall–Kier alpha value is -1.66. The van der Waals surface area contributed by atoms with Gasteiger partial charge in [0.15, 0.2) is 0 Å². The molecule has 6 heteroatoms. The van der Waals surface area contributed by atoms with Crippen LogP contribution in [0.25, 0.3) is 0 Å². The number of benzene rings is 1. The average molecular weight is 321 g/mol. The van der Waals surface area contributed by atoms with Crippen molar-refractivity contribution >= 4 is 10.0 Å². The van der Waals surface area contributed by atoms with Gasteiger partial charge in [-0.15, -0.1) is 0 Å². The molecule has 2 rings (SSSR count). The zero-order valence-electron chi connectivity index (χ0n) is 13.1. The molecule has 0 aliphatic rings. The van der Waals surface area contributed by atoms with Crippen molar-refractivity contribution in [3.05, 3.63) is 47.8 Å². The van der Waals surface area contributed by atoms with Gasteiger partial charge in [0.05, 0.1) is 10.6 Å². The molecule has 0 atom stereocenters. The van der Waals surface area contributed by atoms with Gasteiger partial charge in [0.25, 0.3) is 0 Å². The fraction of sp³-hybridized carbons (Fsp3) is 0.438. The van der Waals surface area contributed by atoms with Crippen LogP contribution < -0.4 is 4.72 Å². The van der Waals surface area contributed by atoms with Gasteiger partial charge in [-0.1, -0.05) is 25.5 Å². The Balaban J connectivity index is 1.85. The van der Waals surface area contributed by atoms with E-state index >= 15 is 0 Å². The van der Waals surface area contributed by atoms with Crippen LogP contribution in [0.2, 0.25) is 0 Å². The van der Waals surface area contributed by atoms with Crippen molar-refractivity contribution in [3.8, 4) is 0 Å². The average Bonchev–Trinajstić information content (AvgIpc) is 2.90. The maximum atomic E-state index is 12.2. The summed E-state index contributed by atoms with van der Waals surface area (Å²) in [7, 11) is -3.42. The van der Waals surface area contributed by atoms with Gasteiger partial charge in [-0.25, -0.2) is 13.1 Å². The largest absolute Gasteiger partial charge is 0.272 e. The van der Waals surface area contributed by atoms with Crippen LogP contribution in [0.3, 0.4) is 0 Å². The summed E-state index contributed by atoms with van der Waals surface area (Å²) in [6, 6.07) is 9.03. The van der Waals surface area contributed by atoms with Crippen LogP contribution in [0.5, 0.6) is 0 Å². The molecular weight excluding hydrogens is 298 g/mol. The first-order valence-corrected chi connectivity index (χ1v) is 9.08. The first-order valence-electron chi connectivity index (χ1n) is 7.60. The monoisotopic (exact) mass is 321 g/mol. The van der Waals surface area contributed by atoms with Crippen LogP contribution >= 0.6 is 0 Å². The molecule has 22 heavy (non-hydrogen) atoms. The second-order valence-corrected chi connectivity index (χ2v) is 7.13. The van der Waals surface area contributed by atoms with E-state index in [-0.39, 0.29) is 0 Å². The number of hydrogen-bond acceptors (Lipinski definition) is 3. The van der Waals surface area contributed by atoms with E-state index in [1.807, 2.05) is 36.0 Å². The van der Waals surface area contributed by atoms with Crippen LogP contribution in [0.1, 0.15) is 31.0 Å². The summed E-state index contributed by atoms with van der Waals surface area (Å²) in [5.74, 6) is 0. The molecule has 0 fully saturated rings. The summed E-state index contributed by atoms with van der Waals surface area (Å²) in [5, 5.41) is 4.27. The van der Waals surface area contributed by atoms with Crippen LogP contribution in [0.4, 0.5) is 0 Å². The first-order chi connectivity index (χ1) is 10.5. The standard InChI is InChI=1S/C16H23N3O2S/c1-3-5-15-6-8-16(9-7-15)22(20,21)17-11-4-12-19-13-10-14(2)18-19/h6-10,13,17H,3-5,11-12H2,1-2H3. The molecule has 1 heterocycles. The molecule has 0 unspecified atom stereocenters. The number of rotatable bonds is 8. The van der Waals surface area contributed by atoms with Crippen molar-refractivity contribution in [3.63, 3.8) is 0 Å². The Bertz CT molecular complexity index is 690. The van der Waals surface area contributed by atoms with Gasteiger partial charge in [0.2, 0.25) is 10.0 Å². The molecule has 0 spiro atoms. The molecule has 1 aromatic carbocycles. The maximum Gasteiger partial charge on any atom is 0.240 e. The van der Waals surface area contributed by atoms with Gasteiger partial charge >= 0.3 is 0 Å². The summed E-state index contributed by atoms with van der Waals surface area (Å²) in [6.07, 6.45) is 4.62. The molecule has 0 aliphatic heterocycles. The van der Waals surface area contributed by atoms with Crippen molar-refractivity contribution in [2.75, 3.05) is 6.54 Å². The van der Waals surface area contributed by atoms with E-state index in [2.05, 4.69) is 16.7 Å². The van der Waals surface area contributed by atoms with Crippen molar-refractivity contribution < 1.29 is 8.42 Å². The van der Waals surface area contributed by atoms with Gasteiger partial charge in [0.1, 0.15) is 0 Å². The number of nitrogens with zero attached hydrogens (tertiary/aromatic N) is 2. The number of hydrogen-bond donors (Lipinski definition) is 1. The predicted molar refractivity (Wildman–Crippen MR) is 87.2 cm³/mol. The minimum atomic E-state index is -3.42. The van der Waals surface area contributed by atoms with Crippen molar-refractivity contribution in [2.24, 2.45) is 0 Å². The van der Waals surface area contributed by atoms with Crippen LogP contribution in [-0.4, -0.2) is 24.7 Å². The molecular formula is C16H23N3O2S. The third-order valence-corrected chi connectivity index (χ3v) is 4.88. The highest BCUT2D eigenvalue weighted by molar-refractivity contribution is 7.89. The number of sulfonamides is 1. The van der Waals surface area contributed by atoms with Gasteiger partial charge in [0, 0.05) is 19.3 Å². The fourth-order valence-electron chi connectivity index (χ4n) is 2.24. The Kier molecular flexibility index (Phi) is 5.74. The smallest absolute Gasteiger partial charge is 0.240 e. The zero-order chi connectivity index (χ0) is 16.0. The molecule has 0 amide bonds. The zero-order valence-corrected chi connectivity index (χ0v) is 13.9. The lowest BCUT2D eigenvalue weighted by Crippen LogP contribution is -2.25. The predicted octanol–water partition coefficient (Wildman–Crippen LogP) is 2.51. The molecule has 0 saturated heterocycles. The van der Waals surface area contributed by atoms with E-state index in [1.165, 1.54) is 0 Å². The highest BCUT2D eigenvalue weighted by Crippen LogP contribution is 2.11. The molecule has 1 N–H and O–H groups in total. The lowest BCUT2D eigenvalue weighted by atomic mass is 10.1. The molecule has 0 saturated carbocycles. The van der Waals surface area contributed by atoms with Crippen molar-refractivity contribution in [1.29, 1.82) is 0 Å². The highest BCUT2D eigenvalue weighted by Gasteiger charge is 2.12. The van der Waals surface area contributed by atoms with E-state index in [9.17, 15) is 8.42 Å². The van der Waals surface area contributed by atoms with Crippen LogP contribution in [0, 0.1) is 6.92 Å². The minimum Gasteiger partial charge on any atom is -0.272 e. The van der Waals surface area contributed by atoms with E-state index in [0.717, 1.165) is 24.1 Å². The molecule has 5 nitrogen and oxygen atoms in total. The number of aryl methyl sites for hydroxylation is 3. The van der Waals surface area contributed by atoms with E-state index in [1.54, 1.807) is 12.1 Å². The third-order valence-electron chi connectivity index (χ3n) is 3.40. The van der Waals surface area contributed by atoms with Gasteiger partial charge in [-0.2, -0.15) is 5.10 Å². The SMILES string of the molecule is CCCc1ccc(S(=O)(=O)NCCCn2ccc(C)n2)cc1. The lowest BCUT2D eigenvalue weighted by molar-refractivity contribution is 0.551. The fourth-order valence-corrected chi connectivity index (χ4v) is 3.32. The minimum absolute atomic E-state index is 0.322. The Morgan fingerprint density at radius 1 is 1.18 bits per heavy atom. The Morgan fingerprint density at radius 2 is 1.91 bits per heavy atom. The molecule has 1 aromatic heterocycles. The summed E-state index contributed by atoms with van der Waals surface area (Å²) >= 11 is 0. The van der Waals surface area contributed by atoms with E-state index in [0.29, 0.717) is 24.4 Å². The number of aromatic nitrogens is 2. The molecule has 0 bridgehead atoms. The maximum absolute atomic E-state index is 12.2. The second-order valence-electron chi connectivity index (χ2n) is 5.37. The summed E-state index contributed by atoms with van der Waals surface area (Å²) in [5.41, 5.74) is 2.13. The summed E-state index contributed by atoms with van der Waals surface area (Å²) < 4.78 is 28.8. The third kappa shape index (κ3) is 4.68. The molecule has 0 radical (unpaired) electrons. The Morgan fingerprint density at radius 3 is 2.50 bits per heavy atom. The summed E-state index contributed by atoms with van der Waals surface area (Å²) in [6.45, 7) is 5.14. The lowest BCUT2D eigenvalue weighted by Gasteiger charge is -2.08. The molecule has 0 aliphatic carbocycles. The first kappa shape index (κ1) is 16.7. The van der Waals surface area contributed by atoms with Gasteiger partial charge in [-0.05, 0) is 43.5 Å². The van der Waals surface area contributed by atoms with Crippen LogP contribution in [0.15, 0.2) is 41.4 Å². The Labute approximate surface area is 132 Å². The van der Waals surface area contributed by atoms with Gasteiger partial charge < -0.3 is 0 Å². The topological polar surface area (TPSA) is 64.0 Å². The van der Waals surface area contributed by atoms with Crippen molar-refractivity contribution in [2.45, 2.75) is 44.6 Å². The highest BCUT2D eigenvalue weighted by atomic mass is 32.2. The molecule has 120 valence electrons. The quantitative estimate of drug-likeness (QED) is 0.760. The molecule has 2 aromatic rings. The normalized spacial score (nSPS) is 11.7. The van der Waals surface area contributed by atoms with Gasteiger partial charge in [-0.3, -0.25) is 4.68 Å². The number of nitrogens with one attached hydrogen (secondary N) is 1.